The van der Waals surface area contributed by atoms with Gasteiger partial charge in [0.25, 0.3) is 0 Å². The van der Waals surface area contributed by atoms with Crippen molar-refractivity contribution in [2.45, 2.75) is 19.3 Å². The van der Waals surface area contributed by atoms with Crippen molar-refractivity contribution in [1.82, 2.24) is 0 Å². The van der Waals surface area contributed by atoms with E-state index in [9.17, 15) is 9.59 Å². The lowest BCUT2D eigenvalue weighted by Crippen LogP contribution is -2.18. The van der Waals surface area contributed by atoms with Crippen LogP contribution in [0.5, 0.6) is 0 Å². The maximum Gasteiger partial charge on any atom is 0.328 e. The zero-order chi connectivity index (χ0) is 17.3. The first kappa shape index (κ1) is 18.2. The normalized spacial score (nSPS) is 10.7. The Hall–Kier alpha value is -2.88. The van der Waals surface area contributed by atoms with E-state index < -0.39 is 11.9 Å². The molecular formula is C19H20O4. The van der Waals surface area contributed by atoms with Gasteiger partial charge in [-0.1, -0.05) is 74.5 Å². The molecule has 23 heavy (non-hydrogen) atoms. The standard InChI is InChI=1S/C15H16.C4H4O4/c1-15(2,13-9-5-3-6-10-13)14-11-7-4-8-12-14;5-3(6)1-2-4(7)8/h3-12H,1-2H3;1-2H,(H,5,6)(H,7,8). The Morgan fingerprint density at radius 3 is 1.30 bits per heavy atom. The van der Waals surface area contributed by atoms with E-state index in [4.69, 9.17) is 10.2 Å². The average Bonchev–Trinajstić information content (AvgIpc) is 2.55. The highest BCUT2D eigenvalue weighted by molar-refractivity contribution is 5.89. The minimum absolute atomic E-state index is 0.0858. The van der Waals surface area contributed by atoms with Gasteiger partial charge in [-0.2, -0.15) is 0 Å². The molecule has 2 aromatic rings. The molecule has 0 aliphatic carbocycles. The van der Waals surface area contributed by atoms with Gasteiger partial charge in [0.05, 0.1) is 0 Å². The van der Waals surface area contributed by atoms with E-state index in [2.05, 4.69) is 74.5 Å². The summed E-state index contributed by atoms with van der Waals surface area (Å²) in [7, 11) is 0. The highest BCUT2D eigenvalue weighted by atomic mass is 16.4. The summed E-state index contributed by atoms with van der Waals surface area (Å²) in [6.07, 6.45) is 1.12. The number of benzene rings is 2. The summed E-state index contributed by atoms with van der Waals surface area (Å²) in [5, 5.41) is 15.6. The molecule has 0 heterocycles. The van der Waals surface area contributed by atoms with Gasteiger partial charge in [-0.05, 0) is 11.1 Å². The SMILES string of the molecule is CC(C)(c1ccccc1)c1ccccc1.O=C(O)C=CC(=O)O. The third-order valence-corrected chi connectivity index (χ3v) is 3.36. The maximum atomic E-state index is 9.55. The molecule has 0 aliphatic heterocycles. The first-order valence-corrected chi connectivity index (χ1v) is 7.09. The van der Waals surface area contributed by atoms with Crippen LogP contribution >= 0.6 is 0 Å². The van der Waals surface area contributed by atoms with Crippen molar-refractivity contribution in [2.75, 3.05) is 0 Å². The Morgan fingerprint density at radius 2 is 1.04 bits per heavy atom. The second kappa shape index (κ2) is 8.54. The van der Waals surface area contributed by atoms with Gasteiger partial charge in [0.1, 0.15) is 0 Å². The topological polar surface area (TPSA) is 74.6 Å². The third kappa shape index (κ3) is 6.18. The van der Waals surface area contributed by atoms with Crippen molar-refractivity contribution in [3.63, 3.8) is 0 Å². The van der Waals surface area contributed by atoms with Gasteiger partial charge in [-0.3, -0.25) is 0 Å². The van der Waals surface area contributed by atoms with Crippen molar-refractivity contribution in [1.29, 1.82) is 0 Å². The summed E-state index contributed by atoms with van der Waals surface area (Å²) < 4.78 is 0. The minimum atomic E-state index is -1.26. The third-order valence-electron chi connectivity index (χ3n) is 3.36. The van der Waals surface area contributed by atoms with Crippen LogP contribution in [0.2, 0.25) is 0 Å². The van der Waals surface area contributed by atoms with Crippen molar-refractivity contribution < 1.29 is 19.8 Å². The van der Waals surface area contributed by atoms with Crippen molar-refractivity contribution in [3.05, 3.63) is 83.9 Å². The monoisotopic (exact) mass is 312 g/mol. The van der Waals surface area contributed by atoms with Gasteiger partial charge in [0.2, 0.25) is 0 Å². The Labute approximate surface area is 135 Å². The molecule has 0 amide bonds. The molecular weight excluding hydrogens is 292 g/mol. The van der Waals surface area contributed by atoms with E-state index in [-0.39, 0.29) is 5.41 Å². The Bertz CT molecular complexity index is 601. The Morgan fingerprint density at radius 1 is 0.739 bits per heavy atom. The van der Waals surface area contributed by atoms with E-state index in [1.807, 2.05) is 0 Å². The molecule has 0 bridgehead atoms. The summed E-state index contributed by atoms with van der Waals surface area (Å²) in [5.41, 5.74) is 2.80. The molecule has 2 N–H and O–H groups in total. The smallest absolute Gasteiger partial charge is 0.328 e. The summed E-state index contributed by atoms with van der Waals surface area (Å²) in [6, 6.07) is 21.3. The van der Waals surface area contributed by atoms with E-state index in [0.717, 1.165) is 0 Å². The molecule has 0 unspecified atom stereocenters. The summed E-state index contributed by atoms with van der Waals surface area (Å²) >= 11 is 0. The molecule has 0 saturated carbocycles. The van der Waals surface area contributed by atoms with E-state index in [1.165, 1.54) is 11.1 Å². The van der Waals surface area contributed by atoms with Crippen LogP contribution < -0.4 is 0 Å². The second-order valence-electron chi connectivity index (χ2n) is 5.37. The Balaban J connectivity index is 0.000000284. The molecule has 2 rings (SSSR count). The minimum Gasteiger partial charge on any atom is -0.478 e. The van der Waals surface area contributed by atoms with Crippen molar-refractivity contribution in [3.8, 4) is 0 Å². The molecule has 0 radical (unpaired) electrons. The lowest BCUT2D eigenvalue weighted by atomic mass is 9.78. The first-order chi connectivity index (χ1) is 10.8. The zero-order valence-corrected chi connectivity index (χ0v) is 13.1. The summed E-state index contributed by atoms with van der Waals surface area (Å²) in [6.45, 7) is 4.52. The van der Waals surface area contributed by atoms with Crippen LogP contribution in [0.1, 0.15) is 25.0 Å². The van der Waals surface area contributed by atoms with Gasteiger partial charge < -0.3 is 10.2 Å². The number of carbonyl (C=O) groups is 2. The van der Waals surface area contributed by atoms with Gasteiger partial charge in [0, 0.05) is 17.6 Å². The number of carboxylic acid groups (broad SMARTS) is 2. The quantitative estimate of drug-likeness (QED) is 0.844. The fourth-order valence-corrected chi connectivity index (χ4v) is 2.02. The number of hydrogen-bond donors (Lipinski definition) is 2. The molecule has 0 fully saturated rings. The number of rotatable bonds is 4. The fraction of sp³-hybridized carbons (Fsp3) is 0.158. The molecule has 0 spiro atoms. The average molecular weight is 312 g/mol. The van der Waals surface area contributed by atoms with E-state index >= 15 is 0 Å². The fourth-order valence-electron chi connectivity index (χ4n) is 2.02. The number of carboxylic acids is 2. The summed E-state index contributed by atoms with van der Waals surface area (Å²) in [5.74, 6) is -2.51. The van der Waals surface area contributed by atoms with Crippen LogP contribution in [0.3, 0.4) is 0 Å². The van der Waals surface area contributed by atoms with Crippen LogP contribution in [-0.4, -0.2) is 22.2 Å². The van der Waals surface area contributed by atoms with Gasteiger partial charge in [-0.15, -0.1) is 0 Å². The predicted molar refractivity (Wildman–Crippen MR) is 89.4 cm³/mol. The van der Waals surface area contributed by atoms with Crippen LogP contribution in [0, 0.1) is 0 Å². The van der Waals surface area contributed by atoms with Crippen LogP contribution in [0.25, 0.3) is 0 Å². The van der Waals surface area contributed by atoms with E-state index in [1.54, 1.807) is 0 Å². The number of hydrogen-bond acceptors (Lipinski definition) is 2. The molecule has 4 nitrogen and oxygen atoms in total. The zero-order valence-electron chi connectivity index (χ0n) is 13.1. The highest BCUT2D eigenvalue weighted by Crippen LogP contribution is 2.30. The van der Waals surface area contributed by atoms with Crippen LogP contribution in [-0.2, 0) is 15.0 Å². The molecule has 0 aromatic heterocycles. The van der Waals surface area contributed by atoms with Gasteiger partial charge in [0.15, 0.2) is 0 Å². The Kier molecular flexibility index (Phi) is 6.74. The molecule has 0 atom stereocenters. The lowest BCUT2D eigenvalue weighted by molar-refractivity contribution is -0.134. The van der Waals surface area contributed by atoms with Crippen LogP contribution in [0.15, 0.2) is 72.8 Å². The molecule has 4 heteroatoms. The predicted octanol–water partition coefficient (Wildman–Crippen LogP) is 3.72. The van der Waals surface area contributed by atoms with Crippen molar-refractivity contribution in [2.24, 2.45) is 0 Å². The summed E-state index contributed by atoms with van der Waals surface area (Å²) in [4.78, 5) is 19.1. The molecule has 2 aromatic carbocycles. The maximum absolute atomic E-state index is 9.55. The molecule has 0 saturated heterocycles. The molecule has 120 valence electrons. The van der Waals surface area contributed by atoms with E-state index in [0.29, 0.717) is 12.2 Å². The van der Waals surface area contributed by atoms with Crippen LogP contribution in [0.4, 0.5) is 0 Å². The first-order valence-electron chi connectivity index (χ1n) is 7.09. The van der Waals surface area contributed by atoms with Crippen molar-refractivity contribution >= 4 is 11.9 Å². The highest BCUT2D eigenvalue weighted by Gasteiger charge is 2.21. The van der Waals surface area contributed by atoms with Gasteiger partial charge in [-0.25, -0.2) is 9.59 Å². The van der Waals surface area contributed by atoms with Gasteiger partial charge >= 0.3 is 11.9 Å². The lowest BCUT2D eigenvalue weighted by Gasteiger charge is -2.25. The second-order valence-corrected chi connectivity index (χ2v) is 5.37. The molecule has 0 aliphatic rings. The largest absolute Gasteiger partial charge is 0.478 e. The number of aliphatic carboxylic acids is 2.